The van der Waals surface area contributed by atoms with Crippen molar-refractivity contribution in [1.82, 2.24) is 3.96 Å². The van der Waals surface area contributed by atoms with E-state index in [1.165, 1.54) is 0 Å². The fourth-order valence-corrected chi connectivity index (χ4v) is 3.50. The summed E-state index contributed by atoms with van der Waals surface area (Å²) in [5.41, 5.74) is 0.180. The Hall–Kier alpha value is -0.570. The Morgan fingerprint density at radius 1 is 1.27 bits per heavy atom. The molecule has 1 aliphatic rings. The lowest BCUT2D eigenvalue weighted by atomic mass is 9.73. The second-order valence-corrected chi connectivity index (χ2v) is 5.89. The van der Waals surface area contributed by atoms with E-state index in [9.17, 15) is 4.79 Å². The van der Waals surface area contributed by atoms with E-state index in [1.807, 2.05) is 9.34 Å². The molecule has 1 aromatic rings. The van der Waals surface area contributed by atoms with Crippen LogP contribution >= 0.6 is 11.5 Å². The number of nitrogens with zero attached hydrogens (tertiary/aromatic N) is 1. The molecule has 2 nitrogen and oxygen atoms in total. The van der Waals surface area contributed by atoms with Gasteiger partial charge >= 0.3 is 0 Å². The van der Waals surface area contributed by atoms with Crippen LogP contribution in [0.5, 0.6) is 0 Å². The van der Waals surface area contributed by atoms with Crippen LogP contribution in [-0.4, -0.2) is 3.96 Å². The average molecular weight is 225 g/mol. The van der Waals surface area contributed by atoms with Gasteiger partial charge in [-0.3, -0.25) is 8.75 Å². The summed E-state index contributed by atoms with van der Waals surface area (Å²) in [6.45, 7) is 6.96. The summed E-state index contributed by atoms with van der Waals surface area (Å²) < 4.78 is 1.96. The van der Waals surface area contributed by atoms with Gasteiger partial charge in [-0.2, -0.15) is 0 Å². The Balaban J connectivity index is 2.19. The van der Waals surface area contributed by atoms with Crippen LogP contribution in [0.4, 0.5) is 0 Å². The van der Waals surface area contributed by atoms with Gasteiger partial charge in [-0.15, -0.1) is 0 Å². The van der Waals surface area contributed by atoms with Crippen molar-refractivity contribution in [2.24, 2.45) is 17.8 Å². The van der Waals surface area contributed by atoms with E-state index in [-0.39, 0.29) is 5.56 Å². The second kappa shape index (κ2) is 4.12. The highest BCUT2D eigenvalue weighted by molar-refractivity contribution is 7.04. The first-order valence-electron chi connectivity index (χ1n) is 5.76. The van der Waals surface area contributed by atoms with Crippen molar-refractivity contribution in [1.29, 1.82) is 0 Å². The molecule has 1 aromatic heterocycles. The molecule has 1 saturated carbocycles. The fraction of sp³-hybridized carbons (Fsp3) is 0.750. The predicted octanol–water partition coefficient (Wildman–Crippen LogP) is 3.15. The SMILES string of the molecule is CC1CC(n2sccc2=O)CC(C)C1C. The topological polar surface area (TPSA) is 22.0 Å². The van der Waals surface area contributed by atoms with Crippen molar-refractivity contribution >= 4 is 11.5 Å². The maximum absolute atomic E-state index is 11.6. The van der Waals surface area contributed by atoms with Gasteiger partial charge in [0.25, 0.3) is 5.56 Å². The Morgan fingerprint density at radius 2 is 1.87 bits per heavy atom. The summed E-state index contributed by atoms with van der Waals surface area (Å²) in [7, 11) is 0. The molecule has 0 amide bonds. The molecule has 1 heterocycles. The van der Waals surface area contributed by atoms with Crippen molar-refractivity contribution < 1.29 is 0 Å². The van der Waals surface area contributed by atoms with Gasteiger partial charge in [0, 0.05) is 17.5 Å². The smallest absolute Gasteiger partial charge is 0.260 e. The molecule has 0 radical (unpaired) electrons. The Kier molecular flexibility index (Phi) is 3.01. The molecular weight excluding hydrogens is 206 g/mol. The Labute approximate surface area is 95.1 Å². The average Bonchev–Trinajstić information content (AvgIpc) is 2.60. The van der Waals surface area contributed by atoms with Gasteiger partial charge in [-0.1, -0.05) is 32.3 Å². The minimum absolute atomic E-state index is 0.180. The molecule has 0 saturated heterocycles. The molecular formula is C12H19NOS. The second-order valence-electron chi connectivity index (χ2n) is 5.01. The molecule has 0 spiro atoms. The molecule has 0 aromatic carbocycles. The third-order valence-corrected chi connectivity index (χ3v) is 4.98. The standard InChI is InChI=1S/C12H19NOS/c1-8-6-11(7-9(2)10(8)3)13-12(14)4-5-15-13/h4-5,8-11H,6-7H2,1-3H3. The van der Waals surface area contributed by atoms with Crippen LogP contribution in [-0.2, 0) is 0 Å². The van der Waals surface area contributed by atoms with Gasteiger partial charge in [-0.25, -0.2) is 0 Å². The van der Waals surface area contributed by atoms with Crippen molar-refractivity contribution in [3.05, 3.63) is 21.8 Å². The first kappa shape index (κ1) is 10.9. The van der Waals surface area contributed by atoms with E-state index in [2.05, 4.69) is 20.8 Å². The van der Waals surface area contributed by atoms with Gasteiger partial charge in [-0.05, 0) is 30.6 Å². The number of hydrogen-bond donors (Lipinski definition) is 0. The van der Waals surface area contributed by atoms with E-state index in [1.54, 1.807) is 17.6 Å². The van der Waals surface area contributed by atoms with Crippen molar-refractivity contribution in [2.45, 2.75) is 39.7 Å². The maximum Gasteiger partial charge on any atom is 0.260 e. The van der Waals surface area contributed by atoms with Gasteiger partial charge in [0.1, 0.15) is 0 Å². The maximum atomic E-state index is 11.6. The van der Waals surface area contributed by atoms with Crippen molar-refractivity contribution in [2.75, 3.05) is 0 Å². The van der Waals surface area contributed by atoms with Crippen LogP contribution < -0.4 is 5.56 Å². The molecule has 0 aliphatic heterocycles. The largest absolute Gasteiger partial charge is 0.268 e. The van der Waals surface area contributed by atoms with Crippen molar-refractivity contribution in [3.63, 3.8) is 0 Å². The van der Waals surface area contributed by atoms with E-state index in [0.29, 0.717) is 6.04 Å². The number of hydrogen-bond acceptors (Lipinski definition) is 2. The van der Waals surface area contributed by atoms with E-state index in [0.717, 1.165) is 30.6 Å². The summed E-state index contributed by atoms with van der Waals surface area (Å²) in [5, 5.41) is 1.90. The van der Waals surface area contributed by atoms with Crippen LogP contribution in [0, 0.1) is 17.8 Å². The first-order valence-corrected chi connectivity index (χ1v) is 6.59. The van der Waals surface area contributed by atoms with Gasteiger partial charge in [0.15, 0.2) is 0 Å². The first-order chi connectivity index (χ1) is 7.09. The van der Waals surface area contributed by atoms with Gasteiger partial charge in [0.2, 0.25) is 0 Å². The molecule has 2 atom stereocenters. The summed E-state index contributed by atoms with van der Waals surface area (Å²) >= 11 is 1.57. The lowest BCUT2D eigenvalue weighted by Gasteiger charge is -2.37. The van der Waals surface area contributed by atoms with Crippen LogP contribution in [0.1, 0.15) is 39.7 Å². The molecule has 2 rings (SSSR count). The predicted molar refractivity (Wildman–Crippen MR) is 64.3 cm³/mol. The molecule has 0 bridgehead atoms. The lowest BCUT2D eigenvalue weighted by molar-refractivity contribution is 0.149. The van der Waals surface area contributed by atoms with Crippen molar-refractivity contribution in [3.8, 4) is 0 Å². The molecule has 1 aliphatic carbocycles. The highest BCUT2D eigenvalue weighted by atomic mass is 32.1. The molecule has 84 valence electrons. The third kappa shape index (κ3) is 2.03. The minimum Gasteiger partial charge on any atom is -0.268 e. The molecule has 0 N–H and O–H groups in total. The molecule has 15 heavy (non-hydrogen) atoms. The van der Waals surface area contributed by atoms with Crippen LogP contribution in [0.15, 0.2) is 16.2 Å². The Morgan fingerprint density at radius 3 is 2.33 bits per heavy atom. The van der Waals surface area contributed by atoms with Gasteiger partial charge < -0.3 is 0 Å². The minimum atomic E-state index is 0.180. The summed E-state index contributed by atoms with van der Waals surface area (Å²) in [5.74, 6) is 2.25. The molecule has 2 unspecified atom stereocenters. The monoisotopic (exact) mass is 225 g/mol. The quantitative estimate of drug-likeness (QED) is 0.719. The third-order valence-electron chi connectivity index (χ3n) is 4.02. The zero-order chi connectivity index (χ0) is 11.0. The van der Waals surface area contributed by atoms with Crippen LogP contribution in [0.3, 0.4) is 0 Å². The zero-order valence-electron chi connectivity index (χ0n) is 9.64. The summed E-state index contributed by atoms with van der Waals surface area (Å²) in [6.07, 6.45) is 2.32. The van der Waals surface area contributed by atoms with Crippen LogP contribution in [0.2, 0.25) is 0 Å². The summed E-state index contributed by atoms with van der Waals surface area (Å²) in [6, 6.07) is 2.12. The van der Waals surface area contributed by atoms with E-state index < -0.39 is 0 Å². The highest BCUT2D eigenvalue weighted by Crippen LogP contribution is 2.39. The van der Waals surface area contributed by atoms with Gasteiger partial charge in [0.05, 0.1) is 0 Å². The molecule has 3 heteroatoms. The lowest BCUT2D eigenvalue weighted by Crippen LogP contribution is -2.31. The normalized spacial score (nSPS) is 36.7. The van der Waals surface area contributed by atoms with E-state index >= 15 is 0 Å². The fourth-order valence-electron chi connectivity index (χ4n) is 2.68. The highest BCUT2D eigenvalue weighted by Gasteiger charge is 2.31. The van der Waals surface area contributed by atoms with Crippen LogP contribution in [0.25, 0.3) is 0 Å². The summed E-state index contributed by atoms with van der Waals surface area (Å²) in [4.78, 5) is 11.6. The number of rotatable bonds is 1. The van der Waals surface area contributed by atoms with E-state index in [4.69, 9.17) is 0 Å². The number of aromatic nitrogens is 1. The molecule has 1 fully saturated rings. The zero-order valence-corrected chi connectivity index (χ0v) is 10.5. The Bertz CT molecular complexity index is 369.